The molecule has 1 aromatic heterocycles. The van der Waals surface area contributed by atoms with Gasteiger partial charge in [-0.15, -0.1) is 5.10 Å². The molecule has 1 saturated heterocycles. The molecule has 0 atom stereocenters. The Bertz CT molecular complexity index is 1020. The van der Waals surface area contributed by atoms with Crippen molar-refractivity contribution in [3.63, 3.8) is 0 Å². The largest absolute Gasteiger partial charge is 0.448 e. The van der Waals surface area contributed by atoms with E-state index >= 15 is 0 Å². The van der Waals surface area contributed by atoms with Gasteiger partial charge in [-0.3, -0.25) is 4.79 Å². The molecule has 0 radical (unpaired) electrons. The highest BCUT2D eigenvalue weighted by molar-refractivity contribution is 6.32. The first-order valence-electron chi connectivity index (χ1n) is 8.59. The number of hydrogen-bond acceptors (Lipinski definition) is 5. The first-order valence-corrected chi connectivity index (χ1v) is 8.97. The Balaban J connectivity index is 1.41. The quantitative estimate of drug-likeness (QED) is 0.714. The Morgan fingerprint density at radius 1 is 1.18 bits per heavy atom. The smallest absolute Gasteiger partial charge is 0.410 e. The van der Waals surface area contributed by atoms with Gasteiger partial charge in [0.05, 0.1) is 23.5 Å². The number of cyclic esters (lactones) is 1. The molecule has 0 unspecified atom stereocenters. The van der Waals surface area contributed by atoms with E-state index in [1.165, 1.54) is 10.9 Å². The van der Waals surface area contributed by atoms with E-state index in [0.29, 0.717) is 36.1 Å². The van der Waals surface area contributed by atoms with Crippen molar-refractivity contribution in [2.45, 2.75) is 6.54 Å². The number of aromatic nitrogens is 3. The minimum atomic E-state index is -0.380. The number of nitrogens with zero attached hydrogens (tertiary/aromatic N) is 4. The van der Waals surface area contributed by atoms with Gasteiger partial charge in [0, 0.05) is 12.2 Å². The van der Waals surface area contributed by atoms with Crippen molar-refractivity contribution < 1.29 is 14.3 Å². The van der Waals surface area contributed by atoms with Crippen molar-refractivity contribution >= 4 is 29.3 Å². The number of ether oxygens (including phenoxy) is 1. The molecule has 1 N–H and O–H groups in total. The maximum atomic E-state index is 12.4. The molecule has 0 spiro atoms. The molecule has 1 aliphatic rings. The molecular formula is C19H16ClN5O3. The number of nitrogens with one attached hydrogen (secondary N) is 1. The SMILES string of the molecule is O=C(Nc1ccc(CN2CCOC2=O)cc1)c1cn(-c2ccccc2Cl)nn1. The second-order valence-corrected chi connectivity index (χ2v) is 6.59. The zero-order valence-electron chi connectivity index (χ0n) is 14.7. The maximum Gasteiger partial charge on any atom is 0.410 e. The predicted octanol–water partition coefficient (Wildman–Crippen LogP) is 3.13. The Kier molecular flexibility index (Phi) is 4.94. The lowest BCUT2D eigenvalue weighted by atomic mass is 10.2. The van der Waals surface area contributed by atoms with Crippen molar-refractivity contribution in [1.29, 1.82) is 0 Å². The summed E-state index contributed by atoms with van der Waals surface area (Å²) in [6.07, 6.45) is 1.21. The number of carbonyl (C=O) groups excluding carboxylic acids is 2. The Labute approximate surface area is 165 Å². The molecule has 2 aromatic carbocycles. The number of para-hydroxylation sites is 1. The van der Waals surface area contributed by atoms with Crippen LogP contribution in [0.1, 0.15) is 16.1 Å². The van der Waals surface area contributed by atoms with E-state index in [1.807, 2.05) is 24.3 Å². The van der Waals surface area contributed by atoms with Crippen LogP contribution in [0.2, 0.25) is 5.02 Å². The molecular weight excluding hydrogens is 382 g/mol. The molecule has 9 heteroatoms. The van der Waals surface area contributed by atoms with Crippen LogP contribution in [0.15, 0.2) is 54.7 Å². The fourth-order valence-corrected chi connectivity index (χ4v) is 3.02. The third kappa shape index (κ3) is 3.81. The Morgan fingerprint density at radius 2 is 1.96 bits per heavy atom. The van der Waals surface area contributed by atoms with E-state index in [9.17, 15) is 9.59 Å². The van der Waals surface area contributed by atoms with Gasteiger partial charge in [-0.25, -0.2) is 9.48 Å². The van der Waals surface area contributed by atoms with Gasteiger partial charge in [-0.2, -0.15) is 0 Å². The lowest BCUT2D eigenvalue weighted by Gasteiger charge is -2.12. The first-order chi connectivity index (χ1) is 13.6. The molecule has 142 valence electrons. The molecule has 0 bridgehead atoms. The van der Waals surface area contributed by atoms with Gasteiger partial charge in [-0.05, 0) is 29.8 Å². The maximum absolute atomic E-state index is 12.4. The van der Waals surface area contributed by atoms with Crippen LogP contribution in [0.5, 0.6) is 0 Å². The molecule has 8 nitrogen and oxygen atoms in total. The summed E-state index contributed by atoms with van der Waals surface area (Å²) >= 11 is 6.14. The zero-order valence-corrected chi connectivity index (χ0v) is 15.5. The van der Waals surface area contributed by atoms with Crippen molar-refractivity contribution in [3.8, 4) is 5.69 Å². The molecule has 1 fully saturated rings. The zero-order chi connectivity index (χ0) is 19.5. The number of amides is 2. The first kappa shape index (κ1) is 18.0. The number of anilines is 1. The minimum absolute atomic E-state index is 0.170. The Hall–Kier alpha value is -3.39. The van der Waals surface area contributed by atoms with E-state index in [0.717, 1.165) is 5.56 Å². The van der Waals surface area contributed by atoms with Crippen LogP contribution < -0.4 is 5.32 Å². The lowest BCUT2D eigenvalue weighted by molar-refractivity contribution is 0.102. The summed E-state index contributed by atoms with van der Waals surface area (Å²) in [5, 5.41) is 11.2. The molecule has 0 saturated carbocycles. The van der Waals surface area contributed by atoms with E-state index in [2.05, 4.69) is 15.6 Å². The van der Waals surface area contributed by atoms with Gasteiger partial charge in [0.25, 0.3) is 5.91 Å². The van der Waals surface area contributed by atoms with Crippen molar-refractivity contribution in [2.24, 2.45) is 0 Å². The van der Waals surface area contributed by atoms with Crippen LogP contribution >= 0.6 is 11.6 Å². The molecule has 1 aliphatic heterocycles. The molecule has 2 heterocycles. The van der Waals surface area contributed by atoms with E-state index < -0.39 is 0 Å². The van der Waals surface area contributed by atoms with Gasteiger partial charge in [-0.1, -0.05) is 41.1 Å². The van der Waals surface area contributed by atoms with Crippen LogP contribution in [0.4, 0.5) is 10.5 Å². The lowest BCUT2D eigenvalue weighted by Crippen LogP contribution is -2.23. The molecule has 2 amide bonds. The van der Waals surface area contributed by atoms with Gasteiger partial charge in [0.15, 0.2) is 5.69 Å². The minimum Gasteiger partial charge on any atom is -0.448 e. The second kappa shape index (κ2) is 7.69. The van der Waals surface area contributed by atoms with Crippen LogP contribution in [-0.2, 0) is 11.3 Å². The van der Waals surface area contributed by atoms with Crippen molar-refractivity contribution in [2.75, 3.05) is 18.5 Å². The average molecular weight is 398 g/mol. The average Bonchev–Trinajstić information content (AvgIpc) is 3.33. The predicted molar refractivity (Wildman–Crippen MR) is 103 cm³/mol. The fraction of sp³-hybridized carbons (Fsp3) is 0.158. The Morgan fingerprint density at radius 3 is 2.68 bits per heavy atom. The molecule has 28 heavy (non-hydrogen) atoms. The van der Waals surface area contributed by atoms with Gasteiger partial charge in [0.1, 0.15) is 6.61 Å². The number of halogens is 1. The number of rotatable bonds is 5. The van der Waals surface area contributed by atoms with Crippen LogP contribution in [-0.4, -0.2) is 45.0 Å². The van der Waals surface area contributed by atoms with Crippen molar-refractivity contribution in [3.05, 3.63) is 71.0 Å². The summed E-state index contributed by atoms with van der Waals surface area (Å²) in [5.41, 5.74) is 2.37. The topological polar surface area (TPSA) is 89.4 Å². The summed E-state index contributed by atoms with van der Waals surface area (Å²) in [6, 6.07) is 14.4. The van der Waals surface area contributed by atoms with Crippen LogP contribution in [0.3, 0.4) is 0 Å². The molecule has 0 aliphatic carbocycles. The van der Waals surface area contributed by atoms with Gasteiger partial charge >= 0.3 is 6.09 Å². The van der Waals surface area contributed by atoms with Crippen molar-refractivity contribution in [1.82, 2.24) is 19.9 Å². The van der Waals surface area contributed by atoms with E-state index in [4.69, 9.17) is 16.3 Å². The number of hydrogen-bond donors (Lipinski definition) is 1. The highest BCUT2D eigenvalue weighted by Crippen LogP contribution is 2.19. The highest BCUT2D eigenvalue weighted by atomic mass is 35.5. The van der Waals surface area contributed by atoms with Gasteiger partial charge < -0.3 is 15.0 Å². The monoisotopic (exact) mass is 397 g/mol. The number of carbonyl (C=O) groups is 2. The van der Waals surface area contributed by atoms with E-state index in [1.54, 1.807) is 29.2 Å². The summed E-state index contributed by atoms with van der Waals surface area (Å²) in [7, 11) is 0. The normalized spacial score (nSPS) is 13.5. The third-order valence-corrected chi connectivity index (χ3v) is 4.58. The third-order valence-electron chi connectivity index (χ3n) is 4.26. The second-order valence-electron chi connectivity index (χ2n) is 6.19. The summed E-state index contributed by atoms with van der Waals surface area (Å²) in [4.78, 5) is 25.5. The fourth-order valence-electron chi connectivity index (χ4n) is 2.80. The summed E-state index contributed by atoms with van der Waals surface area (Å²) in [6.45, 7) is 1.47. The molecule has 3 aromatic rings. The van der Waals surface area contributed by atoms with Gasteiger partial charge in [0.2, 0.25) is 0 Å². The van der Waals surface area contributed by atoms with E-state index in [-0.39, 0.29) is 17.7 Å². The molecule has 4 rings (SSSR count). The highest BCUT2D eigenvalue weighted by Gasteiger charge is 2.21. The van der Waals surface area contributed by atoms with Crippen LogP contribution in [0.25, 0.3) is 5.69 Å². The standard InChI is InChI=1S/C19H16ClN5O3/c20-15-3-1-2-4-17(15)25-12-16(22-23-25)18(26)21-14-7-5-13(6-8-14)11-24-9-10-28-19(24)27/h1-8,12H,9-11H2,(H,21,26). The summed E-state index contributed by atoms with van der Waals surface area (Å²) < 4.78 is 6.37. The van der Waals surface area contributed by atoms with Crippen LogP contribution in [0, 0.1) is 0 Å². The number of benzene rings is 2. The summed E-state index contributed by atoms with van der Waals surface area (Å²) in [5.74, 6) is -0.380.